The van der Waals surface area contributed by atoms with Crippen molar-refractivity contribution in [3.8, 4) is 17.0 Å². The van der Waals surface area contributed by atoms with Crippen molar-refractivity contribution in [3.63, 3.8) is 0 Å². The van der Waals surface area contributed by atoms with E-state index in [4.69, 9.17) is 19.9 Å². The highest BCUT2D eigenvalue weighted by atomic mass is 16.6. The Balaban J connectivity index is 1.58. The lowest BCUT2D eigenvalue weighted by atomic mass is 10.0. The second-order valence-corrected chi connectivity index (χ2v) is 8.58. The van der Waals surface area contributed by atoms with Gasteiger partial charge in [-0.3, -0.25) is 10.00 Å². The van der Waals surface area contributed by atoms with Gasteiger partial charge in [-0.25, -0.2) is 9.78 Å². The predicted molar refractivity (Wildman–Crippen MR) is 127 cm³/mol. The molecule has 176 valence electrons. The molecule has 1 amide bonds. The number of ether oxygens (including phenoxy) is 3. The number of methoxy groups -OCH3 is 1. The molecule has 0 fully saturated rings. The Kier molecular flexibility index (Phi) is 7.55. The van der Waals surface area contributed by atoms with Crippen molar-refractivity contribution < 1.29 is 19.0 Å². The van der Waals surface area contributed by atoms with Crippen LogP contribution < -0.4 is 15.8 Å². The molecule has 0 aliphatic rings. The van der Waals surface area contributed by atoms with E-state index in [2.05, 4.69) is 15.4 Å². The third-order valence-corrected chi connectivity index (χ3v) is 4.59. The van der Waals surface area contributed by atoms with Gasteiger partial charge in [0.1, 0.15) is 11.4 Å². The average molecular weight is 454 g/mol. The smallest absolute Gasteiger partial charge is 0.413 e. The Labute approximate surface area is 193 Å². The van der Waals surface area contributed by atoms with Crippen LogP contribution in [0.1, 0.15) is 32.0 Å². The number of nitrogen functional groups attached to an aromatic ring is 1. The molecule has 2 heterocycles. The van der Waals surface area contributed by atoms with Gasteiger partial charge >= 0.3 is 6.09 Å². The zero-order chi connectivity index (χ0) is 24.0. The number of anilines is 2. The van der Waals surface area contributed by atoms with Crippen LogP contribution in [0.5, 0.6) is 5.75 Å². The number of benzene rings is 1. The van der Waals surface area contributed by atoms with Crippen LogP contribution in [-0.4, -0.2) is 40.2 Å². The standard InChI is InChI=1S/C24H31N5O4/c1-24(2,3)33-23(30)27-21-8-6-7-17(26-21)15-32-12-10-16-13-18(20-9-11-29(4)28-20)22(31-5)19(25)14-16/h6-9,11,13-14H,10,12,15,25H2,1-5H3,(H,26,27,30). The quantitative estimate of drug-likeness (QED) is 0.388. The number of aryl methyl sites for hydroxylation is 1. The Morgan fingerprint density at radius 3 is 2.67 bits per heavy atom. The van der Waals surface area contributed by atoms with Gasteiger partial charge in [0.15, 0.2) is 5.75 Å². The van der Waals surface area contributed by atoms with Crippen LogP contribution in [0.15, 0.2) is 42.6 Å². The summed E-state index contributed by atoms with van der Waals surface area (Å²) in [5.41, 5.74) is 9.54. The zero-order valence-corrected chi connectivity index (χ0v) is 19.7. The van der Waals surface area contributed by atoms with E-state index in [-0.39, 0.29) is 0 Å². The predicted octanol–water partition coefficient (Wildman–Crippen LogP) is 4.18. The van der Waals surface area contributed by atoms with Gasteiger partial charge in [0.05, 0.1) is 37.4 Å². The van der Waals surface area contributed by atoms with Crippen molar-refractivity contribution >= 4 is 17.6 Å². The van der Waals surface area contributed by atoms with E-state index in [1.165, 1.54) is 0 Å². The van der Waals surface area contributed by atoms with E-state index < -0.39 is 11.7 Å². The molecule has 0 aliphatic heterocycles. The highest BCUT2D eigenvalue weighted by Gasteiger charge is 2.17. The Morgan fingerprint density at radius 1 is 1.21 bits per heavy atom. The maximum Gasteiger partial charge on any atom is 0.413 e. The summed E-state index contributed by atoms with van der Waals surface area (Å²) in [5.74, 6) is 1.02. The minimum absolute atomic E-state index is 0.308. The van der Waals surface area contributed by atoms with Crippen LogP contribution in [0.2, 0.25) is 0 Å². The van der Waals surface area contributed by atoms with Crippen LogP contribution in [0, 0.1) is 0 Å². The van der Waals surface area contributed by atoms with E-state index in [9.17, 15) is 4.79 Å². The van der Waals surface area contributed by atoms with E-state index in [0.717, 1.165) is 16.8 Å². The summed E-state index contributed by atoms with van der Waals surface area (Å²) in [6.45, 7) is 6.20. The molecular formula is C24H31N5O4. The maximum absolute atomic E-state index is 11.9. The molecule has 0 saturated carbocycles. The first-order valence-electron chi connectivity index (χ1n) is 10.6. The second-order valence-electron chi connectivity index (χ2n) is 8.58. The molecule has 0 radical (unpaired) electrons. The highest BCUT2D eigenvalue weighted by Crippen LogP contribution is 2.35. The number of carbonyl (C=O) groups excluding carboxylic acids is 1. The minimum atomic E-state index is -0.577. The van der Waals surface area contributed by atoms with Gasteiger partial charge < -0.3 is 19.9 Å². The molecule has 3 N–H and O–H groups in total. The molecule has 1 aromatic carbocycles. The number of aromatic nitrogens is 3. The van der Waals surface area contributed by atoms with Crippen LogP contribution in [0.4, 0.5) is 16.3 Å². The lowest BCUT2D eigenvalue weighted by molar-refractivity contribution is 0.0635. The molecule has 0 atom stereocenters. The average Bonchev–Trinajstić information content (AvgIpc) is 3.16. The monoisotopic (exact) mass is 453 g/mol. The SMILES string of the molecule is COc1c(N)cc(CCOCc2cccc(NC(=O)OC(C)(C)C)n2)cc1-c1ccn(C)n1. The fraction of sp³-hybridized carbons (Fsp3) is 0.375. The van der Waals surface area contributed by atoms with Gasteiger partial charge in [0.25, 0.3) is 0 Å². The first kappa shape index (κ1) is 24.1. The number of nitrogens with two attached hydrogens (primary N) is 1. The first-order chi connectivity index (χ1) is 15.6. The Hall–Kier alpha value is -3.59. The number of nitrogens with zero attached hydrogens (tertiary/aromatic N) is 3. The summed E-state index contributed by atoms with van der Waals surface area (Å²) in [4.78, 5) is 16.3. The summed E-state index contributed by atoms with van der Waals surface area (Å²) in [6, 6.07) is 11.2. The van der Waals surface area contributed by atoms with Gasteiger partial charge in [-0.1, -0.05) is 6.07 Å². The number of hydrogen-bond acceptors (Lipinski definition) is 7. The summed E-state index contributed by atoms with van der Waals surface area (Å²) < 4.78 is 18.3. The van der Waals surface area contributed by atoms with Crippen molar-refractivity contribution in [1.29, 1.82) is 0 Å². The summed E-state index contributed by atoms with van der Waals surface area (Å²) in [5, 5.41) is 7.09. The molecule has 3 rings (SSSR count). The molecule has 3 aromatic rings. The van der Waals surface area contributed by atoms with E-state index in [1.807, 2.05) is 43.6 Å². The topological polar surface area (TPSA) is 114 Å². The van der Waals surface area contributed by atoms with E-state index >= 15 is 0 Å². The molecule has 9 heteroatoms. The van der Waals surface area contributed by atoms with Crippen LogP contribution >= 0.6 is 0 Å². The number of nitrogens with one attached hydrogen (secondary N) is 1. The molecule has 0 aliphatic carbocycles. The summed E-state index contributed by atoms with van der Waals surface area (Å²) >= 11 is 0. The molecular weight excluding hydrogens is 422 g/mol. The molecule has 9 nitrogen and oxygen atoms in total. The van der Waals surface area contributed by atoms with Gasteiger partial charge in [0.2, 0.25) is 0 Å². The first-order valence-corrected chi connectivity index (χ1v) is 10.6. The third kappa shape index (κ3) is 6.95. The van der Waals surface area contributed by atoms with Crippen LogP contribution in [0.3, 0.4) is 0 Å². The molecule has 0 spiro atoms. The number of amides is 1. The lowest BCUT2D eigenvalue weighted by Gasteiger charge is -2.19. The van der Waals surface area contributed by atoms with Crippen molar-refractivity contribution in [2.24, 2.45) is 7.05 Å². The fourth-order valence-electron chi connectivity index (χ4n) is 3.24. The van der Waals surface area contributed by atoms with Gasteiger partial charge in [-0.05, 0) is 63.1 Å². The molecule has 0 bridgehead atoms. The maximum atomic E-state index is 11.9. The van der Waals surface area contributed by atoms with Gasteiger partial charge in [0, 0.05) is 18.8 Å². The third-order valence-electron chi connectivity index (χ3n) is 4.59. The van der Waals surface area contributed by atoms with Crippen LogP contribution in [0.25, 0.3) is 11.3 Å². The second kappa shape index (κ2) is 10.4. The van der Waals surface area contributed by atoms with Gasteiger partial charge in [-0.15, -0.1) is 0 Å². The van der Waals surface area contributed by atoms with Crippen LogP contribution in [-0.2, 0) is 29.5 Å². The normalized spacial score (nSPS) is 11.3. The van der Waals surface area contributed by atoms with Gasteiger partial charge in [-0.2, -0.15) is 5.10 Å². The highest BCUT2D eigenvalue weighted by molar-refractivity contribution is 5.83. The van der Waals surface area contributed by atoms with E-state index in [0.29, 0.717) is 42.6 Å². The number of rotatable bonds is 8. The fourth-order valence-corrected chi connectivity index (χ4v) is 3.24. The molecule has 0 saturated heterocycles. The van der Waals surface area contributed by atoms with E-state index in [1.54, 1.807) is 38.6 Å². The Bertz CT molecular complexity index is 1100. The van der Waals surface area contributed by atoms with Crippen molar-refractivity contribution in [3.05, 3.63) is 53.9 Å². The molecule has 0 unspecified atom stereocenters. The van der Waals surface area contributed by atoms with Crippen molar-refractivity contribution in [2.45, 2.75) is 39.4 Å². The van der Waals surface area contributed by atoms with Crippen molar-refractivity contribution in [1.82, 2.24) is 14.8 Å². The zero-order valence-electron chi connectivity index (χ0n) is 19.7. The lowest BCUT2D eigenvalue weighted by Crippen LogP contribution is -2.27. The number of pyridine rings is 1. The van der Waals surface area contributed by atoms with Crippen molar-refractivity contribution in [2.75, 3.05) is 24.8 Å². The molecule has 33 heavy (non-hydrogen) atoms. The number of carbonyl (C=O) groups is 1. The number of hydrogen-bond donors (Lipinski definition) is 2. The summed E-state index contributed by atoms with van der Waals surface area (Å²) in [6.07, 6.45) is 1.98. The minimum Gasteiger partial charge on any atom is -0.494 e. The molecule has 2 aromatic heterocycles. The largest absolute Gasteiger partial charge is 0.494 e. The summed E-state index contributed by atoms with van der Waals surface area (Å²) in [7, 11) is 3.46. The Morgan fingerprint density at radius 2 is 2.00 bits per heavy atom.